The number of nitro groups is 1. The van der Waals surface area contributed by atoms with Crippen LogP contribution >= 0.6 is 27.5 Å². The highest BCUT2D eigenvalue weighted by Gasteiger charge is 2.19. The molecular formula is C17H10BrClN2O4. The van der Waals surface area contributed by atoms with Crippen LogP contribution < -0.4 is 5.32 Å². The van der Waals surface area contributed by atoms with E-state index in [9.17, 15) is 14.9 Å². The number of rotatable bonds is 4. The van der Waals surface area contributed by atoms with Gasteiger partial charge in [-0.1, -0.05) is 39.7 Å². The summed E-state index contributed by atoms with van der Waals surface area (Å²) < 4.78 is 6.47. The molecule has 6 nitrogen and oxygen atoms in total. The number of carbonyl (C=O) groups is 1. The molecule has 0 aliphatic heterocycles. The minimum absolute atomic E-state index is 0.0426. The third-order valence-electron chi connectivity index (χ3n) is 3.36. The standard InChI is InChI=1S/C17H10BrClN2O4/c18-11-3-1-10(2-4-11)15-7-8-16(25-15)17(22)20-13-6-5-12(19)9-14(13)21(23)24/h1-9H,(H,20,22). The summed E-state index contributed by atoms with van der Waals surface area (Å²) in [4.78, 5) is 22.8. The molecule has 0 unspecified atom stereocenters. The molecule has 1 aromatic heterocycles. The second-order valence-electron chi connectivity index (χ2n) is 5.04. The van der Waals surface area contributed by atoms with Gasteiger partial charge in [0.05, 0.1) is 4.92 Å². The molecule has 8 heteroatoms. The molecule has 0 fully saturated rings. The first-order valence-corrected chi connectivity index (χ1v) is 8.22. The van der Waals surface area contributed by atoms with Gasteiger partial charge < -0.3 is 9.73 Å². The quantitative estimate of drug-likeness (QED) is 0.444. The van der Waals surface area contributed by atoms with Crippen LogP contribution in [0.5, 0.6) is 0 Å². The van der Waals surface area contributed by atoms with Gasteiger partial charge in [0.1, 0.15) is 11.4 Å². The van der Waals surface area contributed by atoms with Crippen molar-refractivity contribution in [2.75, 3.05) is 5.32 Å². The van der Waals surface area contributed by atoms with E-state index in [2.05, 4.69) is 21.2 Å². The van der Waals surface area contributed by atoms with Crippen molar-refractivity contribution in [1.82, 2.24) is 0 Å². The Balaban J connectivity index is 1.83. The van der Waals surface area contributed by atoms with Gasteiger partial charge in [-0.3, -0.25) is 14.9 Å². The lowest BCUT2D eigenvalue weighted by molar-refractivity contribution is -0.383. The van der Waals surface area contributed by atoms with Crippen molar-refractivity contribution in [3.05, 3.63) is 80.0 Å². The van der Waals surface area contributed by atoms with E-state index in [1.807, 2.05) is 24.3 Å². The Labute approximate surface area is 155 Å². The molecule has 3 aromatic rings. The smallest absolute Gasteiger partial charge is 0.294 e. The highest BCUT2D eigenvalue weighted by atomic mass is 79.9. The molecule has 25 heavy (non-hydrogen) atoms. The summed E-state index contributed by atoms with van der Waals surface area (Å²) in [7, 11) is 0. The van der Waals surface area contributed by atoms with Gasteiger partial charge in [0, 0.05) is 21.1 Å². The molecule has 0 saturated heterocycles. The number of hydrogen-bond acceptors (Lipinski definition) is 4. The average molecular weight is 422 g/mol. The third-order valence-corrected chi connectivity index (χ3v) is 4.13. The highest BCUT2D eigenvalue weighted by molar-refractivity contribution is 9.10. The maximum atomic E-state index is 12.3. The van der Waals surface area contributed by atoms with E-state index in [-0.39, 0.29) is 22.2 Å². The second-order valence-corrected chi connectivity index (χ2v) is 6.40. The Bertz CT molecular complexity index is 954. The lowest BCUT2D eigenvalue weighted by Gasteiger charge is -2.04. The summed E-state index contributed by atoms with van der Waals surface area (Å²) in [6, 6.07) is 14.6. The molecule has 0 saturated carbocycles. The molecule has 0 aliphatic rings. The van der Waals surface area contributed by atoms with Crippen molar-refractivity contribution in [1.29, 1.82) is 0 Å². The van der Waals surface area contributed by atoms with Crippen molar-refractivity contribution in [2.45, 2.75) is 0 Å². The number of halogens is 2. The summed E-state index contributed by atoms with van der Waals surface area (Å²) in [6.45, 7) is 0. The Kier molecular flexibility index (Phi) is 4.87. The Hall–Kier alpha value is -2.64. The van der Waals surface area contributed by atoms with Gasteiger partial charge >= 0.3 is 0 Å². The lowest BCUT2D eigenvalue weighted by Crippen LogP contribution is -2.12. The summed E-state index contributed by atoms with van der Waals surface area (Å²) in [5.74, 6) is -0.0285. The van der Waals surface area contributed by atoms with E-state index in [1.165, 1.54) is 24.3 Å². The first kappa shape index (κ1) is 17.2. The van der Waals surface area contributed by atoms with Gasteiger partial charge in [-0.25, -0.2) is 0 Å². The predicted octanol–water partition coefficient (Wildman–Crippen LogP) is 5.52. The van der Waals surface area contributed by atoms with Crippen LogP contribution in [-0.4, -0.2) is 10.8 Å². The average Bonchev–Trinajstić information content (AvgIpc) is 3.07. The van der Waals surface area contributed by atoms with Crippen LogP contribution in [0.25, 0.3) is 11.3 Å². The zero-order valence-electron chi connectivity index (χ0n) is 12.5. The zero-order chi connectivity index (χ0) is 18.0. The number of benzene rings is 2. The minimum atomic E-state index is -0.614. The Morgan fingerprint density at radius 3 is 2.52 bits per heavy atom. The van der Waals surface area contributed by atoms with E-state index < -0.39 is 10.8 Å². The van der Waals surface area contributed by atoms with Crippen LogP contribution in [0.2, 0.25) is 5.02 Å². The van der Waals surface area contributed by atoms with Gasteiger partial charge in [0.2, 0.25) is 0 Å². The number of furan rings is 1. The Morgan fingerprint density at radius 2 is 1.84 bits per heavy atom. The topological polar surface area (TPSA) is 85.4 Å². The van der Waals surface area contributed by atoms with Crippen LogP contribution in [0.3, 0.4) is 0 Å². The van der Waals surface area contributed by atoms with Crippen LogP contribution in [-0.2, 0) is 0 Å². The first-order chi connectivity index (χ1) is 11.9. The van der Waals surface area contributed by atoms with Crippen molar-refractivity contribution in [3.63, 3.8) is 0 Å². The molecule has 0 spiro atoms. The molecule has 0 aliphatic carbocycles. The fraction of sp³-hybridized carbons (Fsp3) is 0. The largest absolute Gasteiger partial charge is 0.451 e. The molecule has 1 amide bonds. The van der Waals surface area contributed by atoms with Crippen molar-refractivity contribution < 1.29 is 14.1 Å². The maximum Gasteiger partial charge on any atom is 0.294 e. The Morgan fingerprint density at radius 1 is 1.12 bits per heavy atom. The number of anilines is 1. The lowest BCUT2D eigenvalue weighted by atomic mass is 10.2. The highest BCUT2D eigenvalue weighted by Crippen LogP contribution is 2.29. The van der Waals surface area contributed by atoms with Crippen molar-refractivity contribution >= 4 is 44.8 Å². The van der Waals surface area contributed by atoms with E-state index >= 15 is 0 Å². The first-order valence-electron chi connectivity index (χ1n) is 7.05. The van der Waals surface area contributed by atoms with Gasteiger partial charge in [-0.05, 0) is 36.4 Å². The number of hydrogen-bond donors (Lipinski definition) is 1. The molecule has 1 N–H and O–H groups in total. The molecule has 1 heterocycles. The third kappa shape index (κ3) is 3.89. The van der Waals surface area contributed by atoms with Crippen molar-refractivity contribution in [3.8, 4) is 11.3 Å². The van der Waals surface area contributed by atoms with Gasteiger partial charge in [0.25, 0.3) is 11.6 Å². The number of amides is 1. The predicted molar refractivity (Wildman–Crippen MR) is 97.9 cm³/mol. The molecule has 3 rings (SSSR count). The van der Waals surface area contributed by atoms with Gasteiger partial charge in [0.15, 0.2) is 5.76 Å². The van der Waals surface area contributed by atoms with Crippen LogP contribution in [0.15, 0.2) is 63.5 Å². The fourth-order valence-corrected chi connectivity index (χ4v) is 2.61. The number of nitro benzene ring substituents is 1. The molecule has 2 aromatic carbocycles. The van der Waals surface area contributed by atoms with Crippen LogP contribution in [0.1, 0.15) is 10.6 Å². The van der Waals surface area contributed by atoms with Gasteiger partial charge in [-0.15, -0.1) is 0 Å². The molecule has 0 radical (unpaired) electrons. The van der Waals surface area contributed by atoms with Crippen LogP contribution in [0, 0.1) is 10.1 Å². The summed E-state index contributed by atoms with van der Waals surface area (Å²) >= 11 is 9.11. The number of nitrogens with zero attached hydrogens (tertiary/aromatic N) is 1. The van der Waals surface area contributed by atoms with Gasteiger partial charge in [-0.2, -0.15) is 0 Å². The second kappa shape index (κ2) is 7.08. The summed E-state index contributed by atoms with van der Waals surface area (Å²) in [5, 5.41) is 13.8. The van der Waals surface area contributed by atoms with Crippen LogP contribution in [0.4, 0.5) is 11.4 Å². The van der Waals surface area contributed by atoms with Crippen molar-refractivity contribution in [2.24, 2.45) is 0 Å². The zero-order valence-corrected chi connectivity index (χ0v) is 14.9. The number of carbonyl (C=O) groups excluding carboxylic acids is 1. The number of nitrogens with one attached hydrogen (secondary N) is 1. The SMILES string of the molecule is O=C(Nc1ccc(Cl)cc1[N+](=O)[O-])c1ccc(-c2ccc(Br)cc2)o1. The molecule has 0 atom stereocenters. The normalized spacial score (nSPS) is 10.5. The summed E-state index contributed by atoms with van der Waals surface area (Å²) in [6.07, 6.45) is 0. The maximum absolute atomic E-state index is 12.3. The fourth-order valence-electron chi connectivity index (χ4n) is 2.17. The van der Waals surface area contributed by atoms with E-state index in [0.717, 1.165) is 10.0 Å². The monoisotopic (exact) mass is 420 g/mol. The van der Waals surface area contributed by atoms with E-state index in [1.54, 1.807) is 6.07 Å². The van der Waals surface area contributed by atoms with E-state index in [0.29, 0.717) is 5.76 Å². The minimum Gasteiger partial charge on any atom is -0.451 e. The molecule has 126 valence electrons. The summed E-state index contributed by atoms with van der Waals surface area (Å²) in [5.41, 5.74) is 0.557. The van der Waals surface area contributed by atoms with E-state index in [4.69, 9.17) is 16.0 Å². The molecule has 0 bridgehead atoms. The molecular weight excluding hydrogens is 412 g/mol.